The summed E-state index contributed by atoms with van der Waals surface area (Å²) >= 11 is 0. The average molecular weight is 416 g/mol. The van der Waals surface area contributed by atoms with Gasteiger partial charge in [-0.15, -0.1) is 0 Å². The summed E-state index contributed by atoms with van der Waals surface area (Å²) in [5.41, 5.74) is 3.20. The number of hydrogen-bond acceptors (Lipinski definition) is 4. The second-order valence-corrected chi connectivity index (χ2v) is 9.59. The maximum atomic E-state index is 12.7. The average Bonchev–Trinajstić information content (AvgIpc) is 2.70. The lowest BCUT2D eigenvalue weighted by Crippen LogP contribution is -2.52. The van der Waals surface area contributed by atoms with Crippen LogP contribution in [0.2, 0.25) is 0 Å². The predicted molar refractivity (Wildman–Crippen MR) is 115 cm³/mol. The predicted octanol–water partition coefficient (Wildman–Crippen LogP) is 2.10. The van der Waals surface area contributed by atoms with Gasteiger partial charge in [-0.05, 0) is 30.7 Å². The van der Waals surface area contributed by atoms with Gasteiger partial charge in [0.15, 0.2) is 0 Å². The van der Waals surface area contributed by atoms with E-state index < -0.39 is 10.0 Å². The highest BCUT2D eigenvalue weighted by Crippen LogP contribution is 2.14. The number of carbonyl (C=O) groups excluding carboxylic acids is 1. The molecule has 0 unspecified atom stereocenters. The number of benzene rings is 2. The molecular formula is C22H29N3O3S. The first-order valence-corrected chi connectivity index (χ1v) is 11.5. The minimum atomic E-state index is -3.37. The molecule has 2 aromatic rings. The van der Waals surface area contributed by atoms with E-state index in [9.17, 15) is 13.2 Å². The van der Waals surface area contributed by atoms with Crippen molar-refractivity contribution in [3.05, 3.63) is 71.3 Å². The highest BCUT2D eigenvalue weighted by molar-refractivity contribution is 7.88. The summed E-state index contributed by atoms with van der Waals surface area (Å²) in [7, 11) is -1.43. The third kappa shape index (κ3) is 5.88. The summed E-state index contributed by atoms with van der Waals surface area (Å²) in [6.07, 6.45) is 0. The first kappa shape index (κ1) is 21.5. The number of likely N-dealkylation sites (N-methyl/N-ethyl adjacent to an activating group) is 1. The smallest absolute Gasteiger partial charge is 0.236 e. The van der Waals surface area contributed by atoms with Crippen LogP contribution in [0.25, 0.3) is 0 Å². The van der Waals surface area contributed by atoms with Crippen molar-refractivity contribution in [1.82, 2.24) is 14.1 Å². The second kappa shape index (κ2) is 9.52. The highest BCUT2D eigenvalue weighted by Gasteiger charge is 2.29. The molecule has 156 valence electrons. The van der Waals surface area contributed by atoms with Crippen LogP contribution in [-0.2, 0) is 27.1 Å². The van der Waals surface area contributed by atoms with Crippen molar-refractivity contribution in [1.29, 1.82) is 0 Å². The number of amides is 1. The summed E-state index contributed by atoms with van der Waals surface area (Å²) in [6.45, 7) is 4.68. The molecule has 0 saturated carbocycles. The van der Waals surface area contributed by atoms with E-state index in [4.69, 9.17) is 0 Å². The van der Waals surface area contributed by atoms with Gasteiger partial charge in [0.2, 0.25) is 15.9 Å². The first-order chi connectivity index (χ1) is 13.8. The van der Waals surface area contributed by atoms with Crippen molar-refractivity contribution >= 4 is 15.9 Å². The number of rotatable bonds is 7. The van der Waals surface area contributed by atoms with E-state index in [1.165, 1.54) is 15.4 Å². The van der Waals surface area contributed by atoms with Crippen molar-refractivity contribution in [3.63, 3.8) is 0 Å². The monoisotopic (exact) mass is 415 g/mol. The van der Waals surface area contributed by atoms with Crippen LogP contribution in [0.15, 0.2) is 54.6 Å². The fourth-order valence-corrected chi connectivity index (χ4v) is 5.07. The lowest BCUT2D eigenvalue weighted by atomic mass is 10.1. The molecule has 0 spiro atoms. The molecule has 1 aliphatic rings. The minimum Gasteiger partial charge on any atom is -0.339 e. The Morgan fingerprint density at radius 2 is 1.59 bits per heavy atom. The lowest BCUT2D eigenvalue weighted by molar-refractivity contribution is -0.133. The number of hydrogen-bond donors (Lipinski definition) is 0. The Morgan fingerprint density at radius 3 is 2.24 bits per heavy atom. The summed E-state index contributed by atoms with van der Waals surface area (Å²) < 4.78 is 26.8. The zero-order chi connectivity index (χ0) is 20.9. The van der Waals surface area contributed by atoms with Crippen molar-refractivity contribution < 1.29 is 13.2 Å². The SMILES string of the molecule is Cc1ccccc1CN(C)CC(=O)N1CCN(S(=O)(=O)Cc2ccccc2)CC1. The van der Waals surface area contributed by atoms with Crippen LogP contribution in [0.3, 0.4) is 0 Å². The van der Waals surface area contributed by atoms with Crippen molar-refractivity contribution in [3.8, 4) is 0 Å². The van der Waals surface area contributed by atoms with Crippen LogP contribution in [0.1, 0.15) is 16.7 Å². The zero-order valence-electron chi connectivity index (χ0n) is 17.1. The summed E-state index contributed by atoms with van der Waals surface area (Å²) in [5, 5.41) is 0. The summed E-state index contributed by atoms with van der Waals surface area (Å²) in [5.74, 6) is 0.0437. The van der Waals surface area contributed by atoms with E-state index in [0.29, 0.717) is 39.3 Å². The van der Waals surface area contributed by atoms with Gasteiger partial charge in [0, 0.05) is 32.7 Å². The molecule has 0 N–H and O–H groups in total. The molecule has 3 rings (SSSR count). The van der Waals surface area contributed by atoms with Gasteiger partial charge in [0.05, 0.1) is 12.3 Å². The molecule has 0 atom stereocenters. The topological polar surface area (TPSA) is 60.9 Å². The fraction of sp³-hybridized carbons (Fsp3) is 0.409. The van der Waals surface area contributed by atoms with Crippen molar-refractivity contribution in [2.24, 2.45) is 0 Å². The molecule has 1 fully saturated rings. The van der Waals surface area contributed by atoms with Gasteiger partial charge in [-0.1, -0.05) is 54.6 Å². The largest absolute Gasteiger partial charge is 0.339 e. The molecular weight excluding hydrogens is 386 g/mol. The molecule has 29 heavy (non-hydrogen) atoms. The Bertz CT molecular complexity index is 923. The molecule has 2 aromatic carbocycles. The van der Waals surface area contributed by atoms with Crippen LogP contribution >= 0.6 is 0 Å². The van der Waals surface area contributed by atoms with Crippen LogP contribution in [-0.4, -0.2) is 68.2 Å². The third-order valence-corrected chi connectivity index (χ3v) is 7.13. The van der Waals surface area contributed by atoms with Crippen LogP contribution in [0.5, 0.6) is 0 Å². The number of piperazine rings is 1. The second-order valence-electron chi connectivity index (χ2n) is 7.62. The number of sulfonamides is 1. The Balaban J connectivity index is 1.49. The lowest BCUT2D eigenvalue weighted by Gasteiger charge is -2.35. The van der Waals surface area contributed by atoms with E-state index in [0.717, 1.165) is 5.56 Å². The van der Waals surface area contributed by atoms with E-state index in [2.05, 4.69) is 19.1 Å². The molecule has 1 heterocycles. The van der Waals surface area contributed by atoms with Gasteiger partial charge in [-0.25, -0.2) is 8.42 Å². The molecule has 1 aliphatic heterocycles. The normalized spacial score (nSPS) is 15.6. The quantitative estimate of drug-likeness (QED) is 0.695. The van der Waals surface area contributed by atoms with Gasteiger partial charge in [-0.3, -0.25) is 9.69 Å². The summed E-state index contributed by atoms with van der Waals surface area (Å²) in [6, 6.07) is 17.4. The van der Waals surface area contributed by atoms with Gasteiger partial charge in [-0.2, -0.15) is 4.31 Å². The maximum absolute atomic E-state index is 12.7. The highest BCUT2D eigenvalue weighted by atomic mass is 32.2. The molecule has 6 nitrogen and oxygen atoms in total. The number of aryl methyl sites for hydroxylation is 1. The Labute approximate surface area is 173 Å². The third-order valence-electron chi connectivity index (χ3n) is 5.28. The Morgan fingerprint density at radius 1 is 0.966 bits per heavy atom. The molecule has 0 aliphatic carbocycles. The minimum absolute atomic E-state index is 0.000943. The maximum Gasteiger partial charge on any atom is 0.236 e. The molecule has 7 heteroatoms. The number of nitrogens with zero attached hydrogens (tertiary/aromatic N) is 3. The van der Waals surface area contributed by atoms with E-state index in [-0.39, 0.29) is 11.7 Å². The first-order valence-electron chi connectivity index (χ1n) is 9.88. The molecule has 0 aromatic heterocycles. The molecule has 1 saturated heterocycles. The van der Waals surface area contributed by atoms with Crippen molar-refractivity contribution in [2.45, 2.75) is 19.2 Å². The molecule has 1 amide bonds. The van der Waals surface area contributed by atoms with E-state index in [1.54, 1.807) is 4.90 Å². The van der Waals surface area contributed by atoms with Gasteiger partial charge in [0.25, 0.3) is 0 Å². The fourth-order valence-electron chi connectivity index (χ4n) is 3.56. The summed E-state index contributed by atoms with van der Waals surface area (Å²) in [4.78, 5) is 16.4. The molecule has 0 bridgehead atoms. The number of carbonyl (C=O) groups is 1. The van der Waals surface area contributed by atoms with Gasteiger partial charge in [0.1, 0.15) is 0 Å². The van der Waals surface area contributed by atoms with Crippen molar-refractivity contribution in [2.75, 3.05) is 39.8 Å². The molecule has 0 radical (unpaired) electrons. The van der Waals surface area contributed by atoms with E-state index in [1.807, 2.05) is 54.4 Å². The van der Waals surface area contributed by atoms with Gasteiger partial charge >= 0.3 is 0 Å². The standard InChI is InChI=1S/C22H29N3O3S/c1-19-8-6-7-11-21(19)16-23(2)17-22(26)24-12-14-25(15-13-24)29(27,28)18-20-9-4-3-5-10-20/h3-11H,12-18H2,1-2H3. The van der Waals surface area contributed by atoms with Crippen LogP contribution < -0.4 is 0 Å². The Hall–Kier alpha value is -2.22. The van der Waals surface area contributed by atoms with Crippen LogP contribution in [0, 0.1) is 6.92 Å². The van der Waals surface area contributed by atoms with E-state index >= 15 is 0 Å². The van der Waals surface area contributed by atoms with Crippen LogP contribution in [0.4, 0.5) is 0 Å². The zero-order valence-corrected chi connectivity index (χ0v) is 17.9. The van der Waals surface area contributed by atoms with Gasteiger partial charge < -0.3 is 4.90 Å². The Kier molecular flexibility index (Phi) is 7.05.